The molecule has 76 valence electrons. The van der Waals surface area contributed by atoms with Crippen LogP contribution in [0.25, 0.3) is 0 Å². The number of thiol groups is 1. The van der Waals surface area contributed by atoms with Crippen molar-refractivity contribution in [3.63, 3.8) is 0 Å². The molecule has 5 heteroatoms. The van der Waals surface area contributed by atoms with E-state index in [0.717, 1.165) is 0 Å². The summed E-state index contributed by atoms with van der Waals surface area (Å²) in [7, 11) is 1.59. The molecule has 0 spiro atoms. The number of amides is 2. The average molecular weight is 204 g/mol. The minimum absolute atomic E-state index is 0.0158. The van der Waals surface area contributed by atoms with Gasteiger partial charge in [-0.1, -0.05) is 0 Å². The van der Waals surface area contributed by atoms with E-state index in [1.807, 2.05) is 0 Å². The Balaban J connectivity index is 3.31. The van der Waals surface area contributed by atoms with E-state index in [0.29, 0.717) is 31.6 Å². The van der Waals surface area contributed by atoms with E-state index < -0.39 is 0 Å². The highest BCUT2D eigenvalue weighted by Gasteiger charge is 2.02. The van der Waals surface area contributed by atoms with Gasteiger partial charge in [0.15, 0.2) is 0 Å². The molecular formula is C8H16N2O2S. The Kier molecular flexibility index (Phi) is 7.48. The van der Waals surface area contributed by atoms with Crippen LogP contribution in [0.1, 0.15) is 19.3 Å². The fraction of sp³-hybridized carbons (Fsp3) is 0.750. The smallest absolute Gasteiger partial charge is 0.220 e. The van der Waals surface area contributed by atoms with Crippen molar-refractivity contribution in [2.24, 2.45) is 0 Å². The molecule has 0 atom stereocenters. The highest BCUT2D eigenvalue weighted by molar-refractivity contribution is 7.80. The molecule has 0 aliphatic rings. The third-order valence-electron chi connectivity index (χ3n) is 1.52. The molecule has 0 aliphatic carbocycles. The summed E-state index contributed by atoms with van der Waals surface area (Å²) in [5.41, 5.74) is 0. The van der Waals surface area contributed by atoms with Gasteiger partial charge in [-0.3, -0.25) is 9.59 Å². The van der Waals surface area contributed by atoms with Crippen molar-refractivity contribution >= 4 is 24.4 Å². The number of rotatable bonds is 6. The molecule has 0 heterocycles. The van der Waals surface area contributed by atoms with Gasteiger partial charge in [-0.15, -0.1) is 0 Å². The highest BCUT2D eigenvalue weighted by atomic mass is 32.1. The van der Waals surface area contributed by atoms with Gasteiger partial charge in [0.25, 0.3) is 0 Å². The molecule has 0 aliphatic heterocycles. The Hall–Kier alpha value is -0.710. The van der Waals surface area contributed by atoms with Gasteiger partial charge < -0.3 is 10.6 Å². The number of nitrogens with one attached hydrogen (secondary N) is 2. The Labute approximate surface area is 83.9 Å². The zero-order valence-corrected chi connectivity index (χ0v) is 8.69. The number of hydrogen-bond donors (Lipinski definition) is 3. The molecule has 0 unspecified atom stereocenters. The van der Waals surface area contributed by atoms with Crippen LogP contribution >= 0.6 is 12.6 Å². The maximum absolute atomic E-state index is 11.0. The molecular weight excluding hydrogens is 188 g/mol. The van der Waals surface area contributed by atoms with Gasteiger partial charge in [-0.05, 0) is 6.42 Å². The summed E-state index contributed by atoms with van der Waals surface area (Å²) in [5.74, 6) is 0.598. The summed E-state index contributed by atoms with van der Waals surface area (Å²) < 4.78 is 0. The normalized spacial score (nSPS) is 9.38. The quantitative estimate of drug-likeness (QED) is 0.531. The fourth-order valence-corrected chi connectivity index (χ4v) is 0.930. The van der Waals surface area contributed by atoms with Gasteiger partial charge in [0, 0.05) is 32.2 Å². The first-order valence-corrected chi connectivity index (χ1v) is 4.92. The molecule has 4 nitrogen and oxygen atoms in total. The second-order valence-electron chi connectivity index (χ2n) is 2.60. The van der Waals surface area contributed by atoms with Crippen LogP contribution in [0.3, 0.4) is 0 Å². The van der Waals surface area contributed by atoms with Crippen molar-refractivity contribution in [1.82, 2.24) is 10.6 Å². The minimum atomic E-state index is -0.0259. The van der Waals surface area contributed by atoms with Gasteiger partial charge in [-0.25, -0.2) is 0 Å². The molecule has 0 saturated carbocycles. The maximum atomic E-state index is 11.0. The molecule has 0 bridgehead atoms. The molecule has 2 N–H and O–H groups in total. The molecule has 0 fully saturated rings. The lowest BCUT2D eigenvalue weighted by Crippen LogP contribution is -2.25. The average Bonchev–Trinajstić information content (AvgIpc) is 2.14. The Morgan fingerprint density at radius 1 is 1.23 bits per heavy atom. The van der Waals surface area contributed by atoms with Crippen LogP contribution in [0, 0.1) is 0 Å². The number of hydrogen-bond acceptors (Lipinski definition) is 3. The first-order valence-electron chi connectivity index (χ1n) is 4.29. The molecule has 0 aromatic heterocycles. The first kappa shape index (κ1) is 12.3. The summed E-state index contributed by atoms with van der Waals surface area (Å²) in [6.45, 7) is 0.585. The zero-order chi connectivity index (χ0) is 10.1. The van der Waals surface area contributed by atoms with Crippen LogP contribution in [0.4, 0.5) is 0 Å². The van der Waals surface area contributed by atoms with Crippen LogP contribution in [-0.4, -0.2) is 31.2 Å². The maximum Gasteiger partial charge on any atom is 0.220 e. The summed E-state index contributed by atoms with van der Waals surface area (Å²) in [5, 5.41) is 5.18. The standard InChI is InChI=1S/C8H16N2O2S/c1-9-7(11)3-2-4-8(12)10-5-6-13/h13H,2-6H2,1H3,(H,9,11)(H,10,12). The molecule has 0 aromatic rings. The SMILES string of the molecule is CNC(=O)CCCC(=O)NCCS. The molecule has 13 heavy (non-hydrogen) atoms. The van der Waals surface area contributed by atoms with Crippen molar-refractivity contribution in [2.75, 3.05) is 19.3 Å². The summed E-state index contributed by atoms with van der Waals surface area (Å²) >= 11 is 3.96. The van der Waals surface area contributed by atoms with E-state index in [4.69, 9.17) is 0 Å². The predicted molar refractivity (Wildman–Crippen MR) is 54.8 cm³/mol. The van der Waals surface area contributed by atoms with E-state index in [1.165, 1.54) is 0 Å². The van der Waals surface area contributed by atoms with Crippen LogP contribution in [0.15, 0.2) is 0 Å². The van der Waals surface area contributed by atoms with Crippen molar-refractivity contribution in [2.45, 2.75) is 19.3 Å². The second kappa shape index (κ2) is 7.91. The topological polar surface area (TPSA) is 58.2 Å². The van der Waals surface area contributed by atoms with Crippen LogP contribution < -0.4 is 10.6 Å². The predicted octanol–water partition coefficient (Wildman–Crippen LogP) is -0.0513. The molecule has 0 aromatic carbocycles. The summed E-state index contributed by atoms with van der Waals surface area (Å²) in [4.78, 5) is 21.7. The first-order chi connectivity index (χ1) is 6.20. The van der Waals surface area contributed by atoms with E-state index in [-0.39, 0.29) is 11.8 Å². The third-order valence-corrected chi connectivity index (χ3v) is 1.74. The van der Waals surface area contributed by atoms with E-state index in [1.54, 1.807) is 7.05 Å². The lowest BCUT2D eigenvalue weighted by atomic mass is 10.2. The van der Waals surface area contributed by atoms with Gasteiger partial charge >= 0.3 is 0 Å². The Morgan fingerprint density at radius 3 is 2.38 bits per heavy atom. The van der Waals surface area contributed by atoms with Gasteiger partial charge in [0.2, 0.25) is 11.8 Å². The van der Waals surface area contributed by atoms with E-state index in [9.17, 15) is 9.59 Å². The van der Waals surface area contributed by atoms with Crippen molar-refractivity contribution in [3.05, 3.63) is 0 Å². The van der Waals surface area contributed by atoms with Gasteiger partial charge in [0.05, 0.1) is 0 Å². The Morgan fingerprint density at radius 2 is 1.85 bits per heavy atom. The van der Waals surface area contributed by atoms with Crippen LogP contribution in [0.5, 0.6) is 0 Å². The Bertz CT molecular complexity index is 174. The van der Waals surface area contributed by atoms with Crippen molar-refractivity contribution in [1.29, 1.82) is 0 Å². The largest absolute Gasteiger partial charge is 0.359 e. The highest BCUT2D eigenvalue weighted by Crippen LogP contribution is 1.94. The third kappa shape index (κ3) is 7.64. The number of carbonyl (C=O) groups excluding carboxylic acids is 2. The monoisotopic (exact) mass is 204 g/mol. The molecule has 2 amide bonds. The lowest BCUT2D eigenvalue weighted by molar-refractivity contribution is -0.122. The van der Waals surface area contributed by atoms with Crippen molar-refractivity contribution < 1.29 is 9.59 Å². The number of carbonyl (C=O) groups is 2. The molecule has 0 radical (unpaired) electrons. The van der Waals surface area contributed by atoms with Crippen LogP contribution in [-0.2, 0) is 9.59 Å². The minimum Gasteiger partial charge on any atom is -0.359 e. The zero-order valence-electron chi connectivity index (χ0n) is 7.80. The van der Waals surface area contributed by atoms with Gasteiger partial charge in [0.1, 0.15) is 0 Å². The van der Waals surface area contributed by atoms with E-state index in [2.05, 4.69) is 23.3 Å². The fourth-order valence-electron chi connectivity index (χ4n) is 0.818. The van der Waals surface area contributed by atoms with E-state index >= 15 is 0 Å². The lowest BCUT2D eigenvalue weighted by Gasteiger charge is -2.02. The van der Waals surface area contributed by atoms with Crippen LogP contribution in [0.2, 0.25) is 0 Å². The molecule has 0 rings (SSSR count). The summed E-state index contributed by atoms with van der Waals surface area (Å²) in [6, 6.07) is 0. The summed E-state index contributed by atoms with van der Waals surface area (Å²) in [6.07, 6.45) is 1.41. The van der Waals surface area contributed by atoms with Gasteiger partial charge in [-0.2, -0.15) is 12.6 Å². The second-order valence-corrected chi connectivity index (χ2v) is 3.05. The van der Waals surface area contributed by atoms with Crippen molar-refractivity contribution in [3.8, 4) is 0 Å². The molecule has 0 saturated heterocycles.